The van der Waals surface area contributed by atoms with Crippen LogP contribution in [0.4, 0.5) is 0 Å². The van der Waals surface area contributed by atoms with Crippen molar-refractivity contribution < 1.29 is 14.2 Å². The average Bonchev–Trinajstić information content (AvgIpc) is 2.87. The molecule has 0 aliphatic carbocycles. The first-order valence-corrected chi connectivity index (χ1v) is 10.2. The van der Waals surface area contributed by atoms with Crippen molar-refractivity contribution in [3.63, 3.8) is 0 Å². The first-order chi connectivity index (χ1) is 15.8. The molecular weight excluding hydrogens is 400 g/mol. The Balaban J connectivity index is 1.68. The minimum absolute atomic E-state index is 0.342. The molecular formula is C27H22N2O3. The maximum absolute atomic E-state index is 9.63. The van der Waals surface area contributed by atoms with Crippen LogP contribution in [0.1, 0.15) is 16.7 Å². The van der Waals surface area contributed by atoms with Crippen LogP contribution in [0, 0.1) is 11.3 Å². The molecule has 1 heterocycles. The number of benzene rings is 3. The molecule has 32 heavy (non-hydrogen) atoms. The van der Waals surface area contributed by atoms with Crippen molar-refractivity contribution in [3.8, 4) is 34.7 Å². The molecule has 0 saturated heterocycles. The van der Waals surface area contributed by atoms with Crippen molar-refractivity contribution in [1.82, 2.24) is 4.98 Å². The Labute approximate surface area is 187 Å². The third kappa shape index (κ3) is 5.05. The van der Waals surface area contributed by atoms with Crippen LogP contribution in [0.25, 0.3) is 11.1 Å². The molecule has 0 N–H and O–H groups in total. The average molecular weight is 422 g/mol. The molecule has 0 atom stereocenters. The zero-order chi connectivity index (χ0) is 22.2. The number of rotatable bonds is 8. The Morgan fingerprint density at radius 2 is 1.41 bits per heavy atom. The number of nitriles is 1. The SMILES string of the molecule is COc1ccc(C#N)c(-c2ccc(OCc3ccccc3)nc2OCc2ccccc2)c1. The van der Waals surface area contributed by atoms with Crippen LogP contribution >= 0.6 is 0 Å². The molecule has 0 amide bonds. The van der Waals surface area contributed by atoms with Gasteiger partial charge in [0.1, 0.15) is 19.0 Å². The van der Waals surface area contributed by atoms with Crippen LogP contribution in [0.5, 0.6) is 17.5 Å². The maximum atomic E-state index is 9.63. The van der Waals surface area contributed by atoms with Crippen LogP contribution in [-0.4, -0.2) is 12.1 Å². The second-order valence-electron chi connectivity index (χ2n) is 7.07. The molecule has 4 aromatic rings. The van der Waals surface area contributed by atoms with E-state index in [0.717, 1.165) is 11.1 Å². The van der Waals surface area contributed by atoms with E-state index in [1.165, 1.54) is 0 Å². The first-order valence-electron chi connectivity index (χ1n) is 10.2. The Bertz CT molecular complexity index is 1220. The summed E-state index contributed by atoms with van der Waals surface area (Å²) < 4.78 is 17.4. The highest BCUT2D eigenvalue weighted by molar-refractivity contribution is 5.76. The summed E-state index contributed by atoms with van der Waals surface area (Å²) in [5.41, 5.74) is 3.96. The topological polar surface area (TPSA) is 64.4 Å². The normalized spacial score (nSPS) is 10.2. The Morgan fingerprint density at radius 1 is 0.750 bits per heavy atom. The summed E-state index contributed by atoms with van der Waals surface area (Å²) in [4.78, 5) is 4.62. The molecule has 5 heteroatoms. The van der Waals surface area contributed by atoms with Gasteiger partial charge in [0, 0.05) is 17.2 Å². The van der Waals surface area contributed by atoms with Gasteiger partial charge < -0.3 is 14.2 Å². The second kappa shape index (κ2) is 10.1. The van der Waals surface area contributed by atoms with Gasteiger partial charge in [-0.15, -0.1) is 0 Å². The summed E-state index contributed by atoms with van der Waals surface area (Å²) in [6, 6.07) is 30.9. The fourth-order valence-electron chi connectivity index (χ4n) is 3.25. The van der Waals surface area contributed by atoms with E-state index in [9.17, 15) is 5.26 Å². The molecule has 4 rings (SSSR count). The number of hydrogen-bond acceptors (Lipinski definition) is 5. The third-order valence-corrected chi connectivity index (χ3v) is 4.92. The summed E-state index contributed by atoms with van der Waals surface area (Å²) in [6.07, 6.45) is 0. The number of methoxy groups -OCH3 is 1. The number of hydrogen-bond donors (Lipinski definition) is 0. The predicted octanol–water partition coefficient (Wildman–Crippen LogP) is 5.79. The van der Waals surface area contributed by atoms with Gasteiger partial charge in [-0.25, -0.2) is 0 Å². The summed E-state index contributed by atoms with van der Waals surface area (Å²) in [6.45, 7) is 0.739. The molecule has 0 aliphatic rings. The van der Waals surface area contributed by atoms with Crippen LogP contribution in [-0.2, 0) is 13.2 Å². The molecule has 0 spiro atoms. The van der Waals surface area contributed by atoms with Crippen LogP contribution in [0.3, 0.4) is 0 Å². The molecule has 158 valence electrons. The van der Waals surface area contributed by atoms with E-state index in [1.54, 1.807) is 25.3 Å². The number of pyridine rings is 1. The van der Waals surface area contributed by atoms with E-state index in [0.29, 0.717) is 47.4 Å². The minimum Gasteiger partial charge on any atom is -0.497 e. The zero-order valence-corrected chi connectivity index (χ0v) is 17.7. The highest BCUT2D eigenvalue weighted by Gasteiger charge is 2.15. The first kappa shape index (κ1) is 21.0. The second-order valence-corrected chi connectivity index (χ2v) is 7.07. The maximum Gasteiger partial charge on any atom is 0.225 e. The highest BCUT2D eigenvalue weighted by Crippen LogP contribution is 2.35. The lowest BCUT2D eigenvalue weighted by Gasteiger charge is -2.14. The van der Waals surface area contributed by atoms with Crippen molar-refractivity contribution in [2.45, 2.75) is 13.2 Å². The monoisotopic (exact) mass is 422 g/mol. The third-order valence-electron chi connectivity index (χ3n) is 4.92. The van der Waals surface area contributed by atoms with E-state index in [2.05, 4.69) is 11.1 Å². The van der Waals surface area contributed by atoms with Gasteiger partial charge in [-0.3, -0.25) is 0 Å². The van der Waals surface area contributed by atoms with Crippen molar-refractivity contribution in [2.24, 2.45) is 0 Å². The van der Waals surface area contributed by atoms with Gasteiger partial charge in [-0.1, -0.05) is 60.7 Å². The van der Waals surface area contributed by atoms with Crippen LogP contribution in [0.2, 0.25) is 0 Å². The molecule has 5 nitrogen and oxygen atoms in total. The molecule has 0 bridgehead atoms. The van der Waals surface area contributed by atoms with E-state index in [4.69, 9.17) is 14.2 Å². The lowest BCUT2D eigenvalue weighted by atomic mass is 10.0. The summed E-state index contributed by atoms with van der Waals surface area (Å²) in [7, 11) is 1.59. The number of ether oxygens (including phenoxy) is 3. The van der Waals surface area contributed by atoms with Crippen molar-refractivity contribution in [2.75, 3.05) is 7.11 Å². The summed E-state index contributed by atoms with van der Waals surface area (Å²) >= 11 is 0. The summed E-state index contributed by atoms with van der Waals surface area (Å²) in [5, 5.41) is 9.63. The predicted molar refractivity (Wildman–Crippen MR) is 122 cm³/mol. The Hall–Kier alpha value is -4.30. The molecule has 0 fully saturated rings. The van der Waals surface area contributed by atoms with E-state index in [-0.39, 0.29) is 0 Å². The molecule has 1 aromatic heterocycles. The van der Waals surface area contributed by atoms with Gasteiger partial charge in [-0.05, 0) is 35.4 Å². The van der Waals surface area contributed by atoms with Gasteiger partial charge >= 0.3 is 0 Å². The lowest BCUT2D eigenvalue weighted by Crippen LogP contribution is -2.03. The van der Waals surface area contributed by atoms with Gasteiger partial charge in [0.2, 0.25) is 11.8 Å². The Morgan fingerprint density at radius 3 is 2.03 bits per heavy atom. The Kier molecular flexibility index (Phi) is 6.64. The highest BCUT2D eigenvalue weighted by atomic mass is 16.5. The van der Waals surface area contributed by atoms with Gasteiger partial charge in [0.05, 0.1) is 18.7 Å². The van der Waals surface area contributed by atoms with E-state index in [1.807, 2.05) is 72.8 Å². The quantitative estimate of drug-likeness (QED) is 0.360. The van der Waals surface area contributed by atoms with Gasteiger partial charge in [0.25, 0.3) is 0 Å². The van der Waals surface area contributed by atoms with Gasteiger partial charge in [-0.2, -0.15) is 10.2 Å². The van der Waals surface area contributed by atoms with Crippen LogP contribution < -0.4 is 14.2 Å². The summed E-state index contributed by atoms with van der Waals surface area (Å²) in [5.74, 6) is 1.49. The fraction of sp³-hybridized carbons (Fsp3) is 0.111. The molecule has 3 aromatic carbocycles. The number of aromatic nitrogens is 1. The number of nitrogens with zero attached hydrogens (tertiary/aromatic N) is 2. The largest absolute Gasteiger partial charge is 0.497 e. The molecule has 0 saturated carbocycles. The lowest BCUT2D eigenvalue weighted by molar-refractivity contribution is 0.268. The van der Waals surface area contributed by atoms with Gasteiger partial charge in [0.15, 0.2) is 0 Å². The standard InChI is InChI=1S/C27H22N2O3/c1-30-23-13-12-22(17-28)25(16-23)24-14-15-26(31-18-20-8-4-2-5-9-20)29-27(24)32-19-21-10-6-3-7-11-21/h2-16H,18-19H2,1H3. The van der Waals surface area contributed by atoms with E-state index < -0.39 is 0 Å². The molecule has 0 unspecified atom stereocenters. The fourth-order valence-corrected chi connectivity index (χ4v) is 3.25. The molecule has 0 radical (unpaired) electrons. The van der Waals surface area contributed by atoms with E-state index >= 15 is 0 Å². The zero-order valence-electron chi connectivity index (χ0n) is 17.7. The van der Waals surface area contributed by atoms with Crippen molar-refractivity contribution >= 4 is 0 Å². The smallest absolute Gasteiger partial charge is 0.225 e. The van der Waals surface area contributed by atoms with Crippen LogP contribution in [0.15, 0.2) is 91.0 Å². The van der Waals surface area contributed by atoms with Crippen molar-refractivity contribution in [3.05, 3.63) is 108 Å². The molecule has 0 aliphatic heterocycles. The van der Waals surface area contributed by atoms with Crippen molar-refractivity contribution in [1.29, 1.82) is 5.26 Å². The minimum atomic E-state index is 0.342.